The van der Waals surface area contributed by atoms with Crippen LogP contribution in [0.25, 0.3) is 0 Å². The number of aliphatic hydroxyl groups excluding tert-OH is 2. The monoisotopic (exact) mass is 1650 g/mol. The molecule has 0 aromatic heterocycles. The summed E-state index contributed by atoms with van der Waals surface area (Å²) in [6, 6.07) is 0. The molecule has 0 fully saturated rings. The Kier molecular flexibility index (Phi) is 84.3. The van der Waals surface area contributed by atoms with Gasteiger partial charge in [0.25, 0.3) is 0 Å². The minimum absolute atomic E-state index is 0.0830. The lowest BCUT2D eigenvalue weighted by Crippen LogP contribution is -2.30. The summed E-state index contributed by atoms with van der Waals surface area (Å²) >= 11 is 0. The maximum atomic E-state index is 13.0. The zero-order chi connectivity index (χ0) is 83.6. The van der Waals surface area contributed by atoms with Crippen LogP contribution in [0.2, 0.25) is 0 Å². The molecule has 0 amide bonds. The van der Waals surface area contributed by atoms with Crippen molar-refractivity contribution < 1.29 is 75.8 Å². The van der Waals surface area contributed by atoms with Crippen LogP contribution in [0.5, 0.6) is 0 Å². The van der Waals surface area contributed by atoms with Crippen LogP contribution in [0.15, 0.2) is 170 Å². The third kappa shape index (κ3) is 89.5. The molecule has 0 aliphatic rings. The molecule has 4 N–H and O–H groups in total. The van der Waals surface area contributed by atoms with E-state index in [9.17, 15) is 43.5 Å². The van der Waals surface area contributed by atoms with Crippen LogP contribution in [0.3, 0.4) is 0 Å². The largest absolute Gasteiger partial charge is 0.472 e. The minimum atomic E-state index is -4.95. The molecule has 18 heteroatoms. The molecule has 0 heterocycles. The van der Waals surface area contributed by atoms with Gasteiger partial charge in [0.1, 0.15) is 25.4 Å². The predicted octanol–water partition coefficient (Wildman–Crippen LogP) is 27.9. The van der Waals surface area contributed by atoms with E-state index < -0.39 is 91.5 Å². The Bertz CT molecular complexity index is 2770. The molecule has 0 rings (SSSR count). The van der Waals surface area contributed by atoms with Crippen LogP contribution in [0.1, 0.15) is 367 Å². The summed E-state index contributed by atoms with van der Waals surface area (Å²) in [5, 5.41) is 20.7. The Balaban J connectivity index is 4.52. The van der Waals surface area contributed by atoms with Crippen molar-refractivity contribution in [3.63, 3.8) is 0 Å². The number of rotatable bonds is 85. The van der Waals surface area contributed by atoms with Gasteiger partial charge in [-0.15, -0.1) is 0 Å². The van der Waals surface area contributed by atoms with E-state index in [2.05, 4.69) is 191 Å². The molecule has 115 heavy (non-hydrogen) atoms. The quantitative estimate of drug-likeness (QED) is 0.0146. The van der Waals surface area contributed by atoms with Crippen molar-refractivity contribution in [3.05, 3.63) is 170 Å². The summed E-state index contributed by atoms with van der Waals surface area (Å²) in [4.78, 5) is 58.9. The standard InChI is InChI=1S/C97H164O16P2/c1-4-7-10-13-16-19-22-25-28-31-34-36-38-40-41-42-43-44-45-46-47-48-49-51-53-54-57-59-62-65-68-71-74-77-80-83-95(100)107-86-92(98)87-109-114(103,104)110-88-93(99)89-111-115(105,106)112-91-94(113-97(102)85-82-79-76-73-70-67-64-61-56-33-30-27-24-21-18-15-12-9-6-3)90-108-96(101)84-81-78-75-72-69-66-63-60-58-55-52-50-39-37-35-32-29-26-23-20-17-14-11-8-5-2/h7,9-10,12,16-21,25-30,34-37,40-41,43-44,50,52,56,61,92-94,98-99H,4-6,8,11,13-15,22-24,31-33,38-39,42,45-49,51,53-55,57-60,62-91H2,1-3H3,(H,103,104)(H,105,106)/b10-7-,12-9-,19-16-,20-17-,21-18-,28-25-,29-26-,30-27-,36-34-,37-35-,41-40-,44-43-,52-50-,61-56-. The molecule has 0 aliphatic carbocycles. The molecule has 5 unspecified atom stereocenters. The summed E-state index contributed by atoms with van der Waals surface area (Å²) in [5.41, 5.74) is 0. The summed E-state index contributed by atoms with van der Waals surface area (Å²) in [6.07, 6.45) is 114. The zero-order valence-electron chi connectivity index (χ0n) is 72.4. The summed E-state index contributed by atoms with van der Waals surface area (Å²) < 4.78 is 61.4. The molecule has 0 saturated carbocycles. The number of phosphoric ester groups is 2. The normalized spacial score (nSPS) is 14.6. The molecular weight excluding hydrogens is 1480 g/mol. The number of carbonyl (C=O) groups is 3. The second-order valence-electron chi connectivity index (χ2n) is 30.0. The fourth-order valence-electron chi connectivity index (χ4n) is 12.1. The molecule has 0 aromatic carbocycles. The number of hydrogen-bond donors (Lipinski definition) is 4. The topological polar surface area (TPSA) is 231 Å². The van der Waals surface area contributed by atoms with E-state index in [-0.39, 0.29) is 19.3 Å². The predicted molar refractivity (Wildman–Crippen MR) is 482 cm³/mol. The van der Waals surface area contributed by atoms with Gasteiger partial charge in [-0.05, 0) is 154 Å². The van der Waals surface area contributed by atoms with Gasteiger partial charge in [-0.25, -0.2) is 9.13 Å². The van der Waals surface area contributed by atoms with Gasteiger partial charge in [0, 0.05) is 19.3 Å². The van der Waals surface area contributed by atoms with Gasteiger partial charge in [0.15, 0.2) is 6.10 Å². The van der Waals surface area contributed by atoms with E-state index >= 15 is 0 Å². The molecule has 658 valence electrons. The highest BCUT2D eigenvalue weighted by atomic mass is 31.2. The Hall–Kier alpha value is -5.09. The third-order valence-electron chi connectivity index (χ3n) is 18.9. The van der Waals surface area contributed by atoms with Crippen LogP contribution in [-0.2, 0) is 55.8 Å². The summed E-state index contributed by atoms with van der Waals surface area (Å²) in [7, 11) is -9.82. The number of hydrogen-bond acceptors (Lipinski definition) is 14. The average Bonchev–Trinajstić information content (AvgIpc) is 0.902. The van der Waals surface area contributed by atoms with Crippen molar-refractivity contribution in [2.24, 2.45) is 0 Å². The van der Waals surface area contributed by atoms with Crippen LogP contribution in [-0.4, -0.2) is 95.9 Å². The molecule has 0 aliphatic heterocycles. The van der Waals surface area contributed by atoms with E-state index in [1.807, 2.05) is 0 Å². The second kappa shape index (κ2) is 88.2. The lowest BCUT2D eigenvalue weighted by atomic mass is 10.0. The first-order valence-electron chi connectivity index (χ1n) is 45.4. The number of phosphoric acid groups is 2. The molecule has 0 radical (unpaired) electrons. The number of esters is 3. The van der Waals surface area contributed by atoms with E-state index in [1.165, 1.54) is 135 Å². The fourth-order valence-corrected chi connectivity index (χ4v) is 13.7. The lowest BCUT2D eigenvalue weighted by Gasteiger charge is -2.21. The zero-order valence-corrected chi connectivity index (χ0v) is 74.2. The highest BCUT2D eigenvalue weighted by molar-refractivity contribution is 7.47. The van der Waals surface area contributed by atoms with Gasteiger partial charge in [0.05, 0.1) is 26.4 Å². The van der Waals surface area contributed by atoms with Gasteiger partial charge in [0.2, 0.25) is 0 Å². The first kappa shape index (κ1) is 110. The van der Waals surface area contributed by atoms with Crippen molar-refractivity contribution in [1.82, 2.24) is 0 Å². The van der Waals surface area contributed by atoms with E-state index in [0.29, 0.717) is 19.3 Å². The van der Waals surface area contributed by atoms with Gasteiger partial charge >= 0.3 is 33.6 Å². The van der Waals surface area contributed by atoms with E-state index in [1.54, 1.807) is 0 Å². The van der Waals surface area contributed by atoms with Crippen molar-refractivity contribution in [2.75, 3.05) is 39.6 Å². The maximum absolute atomic E-state index is 13.0. The SMILES string of the molecule is CC/C=C\C/C=C\C/C=C\C/C=C\C/C=C\C/C=C\CCCCCCCCCCCCCCCCCCC(=O)OCC(O)COP(=O)(O)OCC(O)COP(=O)(O)OCC(COC(=O)CCCCCCCCCCC/C=C\C/C=C\C/C=C\C/C=C\CCCCC)OC(=O)CCCCCCCC/C=C\C/C=C\C/C=C\C/C=C\CC. The number of aliphatic hydroxyl groups is 2. The van der Waals surface area contributed by atoms with Crippen molar-refractivity contribution >= 4 is 33.6 Å². The Morgan fingerprint density at radius 1 is 0.252 bits per heavy atom. The molecular formula is C97H164O16P2. The van der Waals surface area contributed by atoms with Gasteiger partial charge in [-0.2, -0.15) is 0 Å². The maximum Gasteiger partial charge on any atom is 0.472 e. The third-order valence-corrected chi connectivity index (χ3v) is 20.8. The minimum Gasteiger partial charge on any atom is -0.463 e. The molecule has 0 bridgehead atoms. The molecule has 0 saturated heterocycles. The van der Waals surface area contributed by atoms with E-state index in [4.69, 9.17) is 32.3 Å². The highest BCUT2D eigenvalue weighted by Gasteiger charge is 2.29. The van der Waals surface area contributed by atoms with Crippen molar-refractivity contribution in [2.45, 2.75) is 386 Å². The number of carbonyl (C=O) groups excluding carboxylic acids is 3. The number of unbranched alkanes of at least 4 members (excludes halogenated alkanes) is 34. The van der Waals surface area contributed by atoms with Gasteiger partial charge in [-0.1, -0.05) is 364 Å². The second-order valence-corrected chi connectivity index (χ2v) is 32.9. The number of ether oxygens (including phenoxy) is 3. The first-order chi connectivity index (χ1) is 56.2. The fraction of sp³-hybridized carbons (Fsp3) is 0.680. The first-order valence-corrected chi connectivity index (χ1v) is 48.4. The van der Waals surface area contributed by atoms with Crippen LogP contribution in [0.4, 0.5) is 0 Å². The Morgan fingerprint density at radius 2 is 0.461 bits per heavy atom. The molecule has 0 aromatic rings. The average molecular weight is 1650 g/mol. The van der Waals surface area contributed by atoms with Gasteiger partial charge < -0.3 is 34.2 Å². The number of allylic oxidation sites excluding steroid dienone is 28. The van der Waals surface area contributed by atoms with Crippen LogP contribution < -0.4 is 0 Å². The smallest absolute Gasteiger partial charge is 0.463 e. The molecule has 16 nitrogen and oxygen atoms in total. The summed E-state index contributed by atoms with van der Waals surface area (Å²) in [5.74, 6) is -1.59. The lowest BCUT2D eigenvalue weighted by molar-refractivity contribution is -0.161. The Labute approximate surface area is 701 Å². The van der Waals surface area contributed by atoms with Crippen LogP contribution >= 0.6 is 15.6 Å². The molecule has 5 atom stereocenters. The molecule has 0 spiro atoms. The van der Waals surface area contributed by atoms with Crippen molar-refractivity contribution in [1.29, 1.82) is 0 Å². The summed E-state index contributed by atoms with van der Waals surface area (Å²) in [6.45, 7) is 2.44. The van der Waals surface area contributed by atoms with Crippen LogP contribution in [0, 0.1) is 0 Å². The van der Waals surface area contributed by atoms with Crippen molar-refractivity contribution in [3.8, 4) is 0 Å². The van der Waals surface area contributed by atoms with E-state index in [0.717, 1.165) is 173 Å². The van der Waals surface area contributed by atoms with Gasteiger partial charge in [-0.3, -0.25) is 32.5 Å². The highest BCUT2D eigenvalue weighted by Crippen LogP contribution is 2.45. The Morgan fingerprint density at radius 3 is 0.730 bits per heavy atom.